The molecule has 0 aliphatic carbocycles. The van der Waals surface area contributed by atoms with Gasteiger partial charge < -0.3 is 9.47 Å². The van der Waals surface area contributed by atoms with Crippen LogP contribution in [0.25, 0.3) is 22.3 Å². The van der Waals surface area contributed by atoms with Gasteiger partial charge in [0, 0.05) is 17.2 Å². The molecule has 3 aromatic carbocycles. The third-order valence-corrected chi connectivity index (χ3v) is 3.86. The summed E-state index contributed by atoms with van der Waals surface area (Å²) in [4.78, 5) is 0. The molecule has 4 heteroatoms. The Morgan fingerprint density at radius 2 is 0.958 bits per heavy atom. The van der Waals surface area contributed by atoms with Crippen LogP contribution in [0.2, 0.25) is 0 Å². The number of benzene rings is 3. The Balaban J connectivity index is 2.07. The highest BCUT2D eigenvalue weighted by Gasteiger charge is 2.13. The first-order valence-corrected chi connectivity index (χ1v) is 7.40. The van der Waals surface area contributed by atoms with Gasteiger partial charge in [-0.3, -0.25) is 0 Å². The number of ether oxygens (including phenoxy) is 2. The fraction of sp³-hybridized carbons (Fsp3) is 0.100. The monoisotopic (exact) mass is 326 g/mol. The predicted molar refractivity (Wildman–Crippen MR) is 90.3 cm³/mol. The maximum absolute atomic E-state index is 14.2. The molecule has 3 aromatic rings. The number of halogens is 2. The molecule has 0 radical (unpaired) electrons. The Morgan fingerprint density at radius 1 is 0.583 bits per heavy atom. The van der Waals surface area contributed by atoms with Gasteiger partial charge in [0.15, 0.2) is 0 Å². The molecule has 0 atom stereocenters. The third kappa shape index (κ3) is 3.08. The molecule has 3 rings (SSSR count). The second-order valence-corrected chi connectivity index (χ2v) is 5.27. The van der Waals surface area contributed by atoms with E-state index in [9.17, 15) is 8.78 Å². The van der Waals surface area contributed by atoms with E-state index in [1.165, 1.54) is 6.07 Å². The van der Waals surface area contributed by atoms with Crippen LogP contribution in [-0.2, 0) is 0 Å². The SMILES string of the molecule is COc1ccc(-c2cc(-c3ccc(OC)cc3)c(F)cc2F)cc1. The van der Waals surface area contributed by atoms with E-state index in [0.29, 0.717) is 33.8 Å². The summed E-state index contributed by atoms with van der Waals surface area (Å²) in [6, 6.07) is 16.4. The van der Waals surface area contributed by atoms with Gasteiger partial charge >= 0.3 is 0 Å². The van der Waals surface area contributed by atoms with Gasteiger partial charge in [-0.15, -0.1) is 0 Å². The summed E-state index contributed by atoms with van der Waals surface area (Å²) >= 11 is 0. The van der Waals surface area contributed by atoms with Gasteiger partial charge in [0.25, 0.3) is 0 Å². The Morgan fingerprint density at radius 3 is 1.29 bits per heavy atom. The quantitative estimate of drug-likeness (QED) is 0.646. The number of rotatable bonds is 4. The van der Waals surface area contributed by atoms with Crippen LogP contribution in [0.15, 0.2) is 60.7 Å². The van der Waals surface area contributed by atoms with Crippen molar-refractivity contribution < 1.29 is 18.3 Å². The van der Waals surface area contributed by atoms with Crippen LogP contribution >= 0.6 is 0 Å². The van der Waals surface area contributed by atoms with Crippen LogP contribution in [0.4, 0.5) is 8.78 Å². The smallest absolute Gasteiger partial charge is 0.133 e. The Kier molecular flexibility index (Phi) is 4.47. The van der Waals surface area contributed by atoms with Gasteiger partial charge in [-0.1, -0.05) is 24.3 Å². The first-order valence-electron chi connectivity index (χ1n) is 7.40. The summed E-state index contributed by atoms with van der Waals surface area (Å²) in [5.41, 5.74) is 1.99. The Hall–Kier alpha value is -2.88. The van der Waals surface area contributed by atoms with E-state index in [1.807, 2.05) is 0 Å². The maximum atomic E-state index is 14.2. The van der Waals surface area contributed by atoms with Gasteiger partial charge in [-0.2, -0.15) is 0 Å². The molecular formula is C20H16F2O2. The molecular weight excluding hydrogens is 310 g/mol. The molecule has 0 spiro atoms. The second-order valence-electron chi connectivity index (χ2n) is 5.27. The Bertz CT molecular complexity index is 772. The van der Waals surface area contributed by atoms with Crippen LogP contribution in [0.3, 0.4) is 0 Å². The van der Waals surface area contributed by atoms with Crippen molar-refractivity contribution in [3.8, 4) is 33.8 Å². The lowest BCUT2D eigenvalue weighted by molar-refractivity contribution is 0.415. The highest BCUT2D eigenvalue weighted by molar-refractivity contribution is 5.74. The molecule has 0 fully saturated rings. The van der Waals surface area contributed by atoms with Crippen LogP contribution in [0, 0.1) is 11.6 Å². The van der Waals surface area contributed by atoms with Gasteiger partial charge in [-0.25, -0.2) is 8.78 Å². The summed E-state index contributed by atoms with van der Waals surface area (Å²) in [6.07, 6.45) is 0. The third-order valence-electron chi connectivity index (χ3n) is 3.86. The first kappa shape index (κ1) is 16.0. The van der Waals surface area contributed by atoms with Crippen molar-refractivity contribution >= 4 is 0 Å². The van der Waals surface area contributed by atoms with Crippen molar-refractivity contribution in [2.45, 2.75) is 0 Å². The van der Waals surface area contributed by atoms with E-state index in [0.717, 1.165) is 6.07 Å². The van der Waals surface area contributed by atoms with Gasteiger partial charge in [0.1, 0.15) is 23.1 Å². The molecule has 0 unspecified atom stereocenters. The molecule has 0 N–H and O–H groups in total. The molecule has 0 bridgehead atoms. The maximum Gasteiger partial charge on any atom is 0.133 e. The van der Waals surface area contributed by atoms with Crippen molar-refractivity contribution in [2.24, 2.45) is 0 Å². The van der Waals surface area contributed by atoms with E-state index in [-0.39, 0.29) is 0 Å². The lowest BCUT2D eigenvalue weighted by Crippen LogP contribution is -1.92. The van der Waals surface area contributed by atoms with Crippen molar-refractivity contribution in [1.82, 2.24) is 0 Å². The van der Waals surface area contributed by atoms with E-state index in [4.69, 9.17) is 9.47 Å². The van der Waals surface area contributed by atoms with Crippen molar-refractivity contribution in [2.75, 3.05) is 14.2 Å². The lowest BCUT2D eigenvalue weighted by Gasteiger charge is -2.10. The fourth-order valence-electron chi connectivity index (χ4n) is 2.53. The zero-order chi connectivity index (χ0) is 17.1. The van der Waals surface area contributed by atoms with Crippen LogP contribution in [-0.4, -0.2) is 14.2 Å². The van der Waals surface area contributed by atoms with Crippen molar-refractivity contribution in [3.05, 3.63) is 72.3 Å². The largest absolute Gasteiger partial charge is 0.497 e. The Labute approximate surface area is 139 Å². The zero-order valence-corrected chi connectivity index (χ0v) is 13.3. The molecule has 0 aliphatic heterocycles. The minimum atomic E-state index is -0.602. The summed E-state index contributed by atoms with van der Waals surface area (Å²) in [5.74, 6) is 0.151. The normalized spacial score (nSPS) is 10.5. The predicted octanol–water partition coefficient (Wildman–Crippen LogP) is 5.32. The molecule has 0 saturated heterocycles. The standard InChI is InChI=1S/C20H16F2O2/c1-23-15-7-3-13(4-8-15)17-11-18(20(22)12-19(17)21)14-5-9-16(24-2)10-6-14/h3-12H,1-2H3. The molecule has 122 valence electrons. The van der Waals surface area contributed by atoms with Crippen molar-refractivity contribution in [3.63, 3.8) is 0 Å². The van der Waals surface area contributed by atoms with E-state index in [1.54, 1.807) is 62.8 Å². The molecule has 0 heterocycles. The summed E-state index contributed by atoms with van der Waals surface area (Å²) in [5, 5.41) is 0. The van der Waals surface area contributed by atoms with Gasteiger partial charge in [0.05, 0.1) is 14.2 Å². The average Bonchev–Trinajstić information content (AvgIpc) is 2.62. The molecule has 0 amide bonds. The molecule has 0 saturated carbocycles. The first-order chi connectivity index (χ1) is 11.6. The van der Waals surface area contributed by atoms with Crippen LogP contribution in [0.1, 0.15) is 0 Å². The molecule has 0 aliphatic rings. The number of hydrogen-bond acceptors (Lipinski definition) is 2. The lowest BCUT2D eigenvalue weighted by atomic mass is 9.98. The zero-order valence-electron chi connectivity index (χ0n) is 13.3. The van der Waals surface area contributed by atoms with Gasteiger partial charge in [0.2, 0.25) is 0 Å². The molecule has 0 aromatic heterocycles. The summed E-state index contributed by atoms with van der Waals surface area (Å²) in [6.45, 7) is 0. The van der Waals surface area contributed by atoms with Crippen LogP contribution < -0.4 is 9.47 Å². The van der Waals surface area contributed by atoms with Crippen LogP contribution in [0.5, 0.6) is 11.5 Å². The average molecular weight is 326 g/mol. The fourth-order valence-corrected chi connectivity index (χ4v) is 2.53. The summed E-state index contributed by atoms with van der Waals surface area (Å²) in [7, 11) is 3.13. The van der Waals surface area contributed by atoms with E-state index in [2.05, 4.69) is 0 Å². The molecule has 2 nitrogen and oxygen atoms in total. The van der Waals surface area contributed by atoms with Gasteiger partial charge in [-0.05, 0) is 41.5 Å². The minimum absolute atomic E-state index is 0.338. The summed E-state index contributed by atoms with van der Waals surface area (Å²) < 4.78 is 38.7. The number of hydrogen-bond donors (Lipinski definition) is 0. The van der Waals surface area contributed by atoms with E-state index < -0.39 is 11.6 Å². The highest BCUT2D eigenvalue weighted by atomic mass is 19.1. The second kappa shape index (κ2) is 6.71. The highest BCUT2D eigenvalue weighted by Crippen LogP contribution is 2.32. The molecule has 24 heavy (non-hydrogen) atoms. The minimum Gasteiger partial charge on any atom is -0.497 e. The van der Waals surface area contributed by atoms with E-state index >= 15 is 0 Å². The number of methoxy groups -OCH3 is 2. The van der Waals surface area contributed by atoms with Crippen molar-refractivity contribution in [1.29, 1.82) is 0 Å². The topological polar surface area (TPSA) is 18.5 Å².